The minimum absolute atomic E-state index is 0.139. The van der Waals surface area contributed by atoms with Crippen molar-refractivity contribution in [2.45, 2.75) is 6.54 Å². The fourth-order valence-corrected chi connectivity index (χ4v) is 2.93. The van der Waals surface area contributed by atoms with Gasteiger partial charge >= 0.3 is 0 Å². The van der Waals surface area contributed by atoms with E-state index in [0.29, 0.717) is 28.7 Å². The molecule has 1 heterocycles. The van der Waals surface area contributed by atoms with Gasteiger partial charge in [-0.1, -0.05) is 0 Å². The van der Waals surface area contributed by atoms with E-state index in [4.69, 9.17) is 18.9 Å². The van der Waals surface area contributed by atoms with Crippen LogP contribution >= 0.6 is 0 Å². The predicted molar refractivity (Wildman–Crippen MR) is 119 cm³/mol. The normalized spacial score (nSPS) is 10.3. The number of carbonyl (C=O) groups is 1. The van der Waals surface area contributed by atoms with Crippen LogP contribution in [-0.4, -0.2) is 50.2 Å². The van der Waals surface area contributed by atoms with Crippen molar-refractivity contribution in [3.63, 3.8) is 0 Å². The van der Waals surface area contributed by atoms with E-state index in [-0.39, 0.29) is 31.2 Å². The largest absolute Gasteiger partial charge is 0.497 e. The Labute approximate surface area is 185 Å². The molecule has 9 nitrogen and oxygen atoms in total. The van der Waals surface area contributed by atoms with E-state index in [1.807, 2.05) is 6.07 Å². The van der Waals surface area contributed by atoms with Crippen LogP contribution in [0.2, 0.25) is 0 Å². The zero-order valence-electron chi connectivity index (χ0n) is 18.2. The van der Waals surface area contributed by atoms with Crippen LogP contribution in [0.25, 0.3) is 11.3 Å². The molecule has 3 aromatic rings. The van der Waals surface area contributed by atoms with Crippen LogP contribution in [0.5, 0.6) is 23.0 Å². The lowest BCUT2D eigenvalue weighted by molar-refractivity contribution is -0.123. The van der Waals surface area contributed by atoms with Gasteiger partial charge in [0.1, 0.15) is 11.5 Å². The van der Waals surface area contributed by atoms with Crippen molar-refractivity contribution in [2.75, 3.05) is 34.5 Å². The van der Waals surface area contributed by atoms with Gasteiger partial charge in [-0.15, -0.1) is 0 Å². The van der Waals surface area contributed by atoms with Crippen LogP contribution in [0.3, 0.4) is 0 Å². The molecular weight excluding hydrogens is 414 g/mol. The van der Waals surface area contributed by atoms with Crippen molar-refractivity contribution in [3.8, 4) is 34.3 Å². The summed E-state index contributed by atoms with van der Waals surface area (Å²) in [7, 11) is 4.69. The summed E-state index contributed by atoms with van der Waals surface area (Å²) in [6.07, 6.45) is 0. The molecule has 0 aliphatic heterocycles. The van der Waals surface area contributed by atoms with Gasteiger partial charge < -0.3 is 24.3 Å². The molecule has 0 atom stereocenters. The summed E-state index contributed by atoms with van der Waals surface area (Å²) in [6, 6.07) is 15.4. The first-order chi connectivity index (χ1) is 15.5. The van der Waals surface area contributed by atoms with Crippen LogP contribution in [0.1, 0.15) is 0 Å². The number of hydrogen-bond donors (Lipinski definition) is 1. The molecule has 0 fully saturated rings. The van der Waals surface area contributed by atoms with E-state index < -0.39 is 0 Å². The zero-order valence-corrected chi connectivity index (χ0v) is 18.2. The fourth-order valence-electron chi connectivity index (χ4n) is 2.93. The van der Waals surface area contributed by atoms with Crippen LogP contribution in [0.4, 0.5) is 0 Å². The second-order valence-electron chi connectivity index (χ2n) is 6.66. The van der Waals surface area contributed by atoms with Gasteiger partial charge in [0, 0.05) is 18.2 Å². The molecule has 32 heavy (non-hydrogen) atoms. The van der Waals surface area contributed by atoms with Crippen molar-refractivity contribution >= 4 is 5.91 Å². The van der Waals surface area contributed by atoms with Gasteiger partial charge in [-0.05, 0) is 48.5 Å². The molecule has 3 rings (SSSR count). The molecule has 0 saturated carbocycles. The first-order valence-electron chi connectivity index (χ1n) is 9.88. The molecule has 2 aromatic carbocycles. The molecular formula is C23H25N3O6. The van der Waals surface area contributed by atoms with E-state index in [9.17, 15) is 9.59 Å². The molecule has 0 aliphatic carbocycles. The minimum Gasteiger partial charge on any atom is -0.497 e. The first-order valence-corrected chi connectivity index (χ1v) is 9.88. The number of rotatable bonds is 10. The second kappa shape index (κ2) is 10.9. The van der Waals surface area contributed by atoms with Crippen LogP contribution in [0.15, 0.2) is 59.4 Å². The van der Waals surface area contributed by atoms with Crippen molar-refractivity contribution in [1.29, 1.82) is 0 Å². The molecule has 0 radical (unpaired) electrons. The Kier molecular flexibility index (Phi) is 7.69. The quantitative estimate of drug-likeness (QED) is 0.516. The Bertz CT molecular complexity index is 1110. The summed E-state index contributed by atoms with van der Waals surface area (Å²) in [5.41, 5.74) is 1.10. The smallest absolute Gasteiger partial charge is 0.266 e. The number of amides is 1. The molecule has 0 bridgehead atoms. The number of carbonyl (C=O) groups excluding carboxylic acids is 1. The van der Waals surface area contributed by atoms with Gasteiger partial charge in [-0.25, -0.2) is 4.68 Å². The van der Waals surface area contributed by atoms with E-state index in [1.54, 1.807) is 63.8 Å². The van der Waals surface area contributed by atoms with E-state index in [0.717, 1.165) is 5.56 Å². The molecule has 9 heteroatoms. The third-order valence-corrected chi connectivity index (χ3v) is 4.62. The van der Waals surface area contributed by atoms with Gasteiger partial charge in [-0.2, -0.15) is 5.10 Å². The number of benzene rings is 2. The molecule has 168 valence electrons. The van der Waals surface area contributed by atoms with E-state index >= 15 is 0 Å². The third kappa shape index (κ3) is 5.78. The monoisotopic (exact) mass is 439 g/mol. The molecule has 0 saturated heterocycles. The van der Waals surface area contributed by atoms with E-state index in [2.05, 4.69) is 10.4 Å². The summed E-state index contributed by atoms with van der Waals surface area (Å²) < 4.78 is 22.4. The molecule has 0 unspecified atom stereocenters. The molecule has 1 amide bonds. The van der Waals surface area contributed by atoms with Crippen LogP contribution < -0.4 is 29.8 Å². The SMILES string of the molecule is COc1ccc(OCC(=O)NCCn2nc(-c3ccc(OC)c(OC)c3)ccc2=O)cc1. The molecule has 0 aliphatic rings. The van der Waals surface area contributed by atoms with Gasteiger partial charge in [-0.3, -0.25) is 9.59 Å². The average molecular weight is 439 g/mol. The Balaban J connectivity index is 1.57. The lowest BCUT2D eigenvalue weighted by Gasteiger charge is -2.11. The van der Waals surface area contributed by atoms with Gasteiger partial charge in [0.15, 0.2) is 18.1 Å². The average Bonchev–Trinajstić information content (AvgIpc) is 2.83. The summed E-state index contributed by atoms with van der Waals surface area (Å²) >= 11 is 0. The molecule has 1 aromatic heterocycles. The Morgan fingerprint density at radius 2 is 1.62 bits per heavy atom. The summed E-state index contributed by atoms with van der Waals surface area (Å²) in [4.78, 5) is 24.2. The maximum atomic E-state index is 12.2. The standard InChI is InChI=1S/C23H25N3O6/c1-29-17-5-7-18(8-6-17)32-15-22(27)24-12-13-26-23(28)11-9-19(25-26)16-4-10-20(30-2)21(14-16)31-3/h4-11,14H,12-13,15H2,1-3H3,(H,24,27). The highest BCUT2D eigenvalue weighted by Gasteiger charge is 2.09. The predicted octanol–water partition coefficient (Wildman–Crippen LogP) is 2.13. The Hall–Kier alpha value is -4.01. The summed E-state index contributed by atoms with van der Waals surface area (Å²) in [5.74, 6) is 2.12. The minimum atomic E-state index is -0.301. The highest BCUT2D eigenvalue weighted by atomic mass is 16.5. The molecule has 1 N–H and O–H groups in total. The highest BCUT2D eigenvalue weighted by Crippen LogP contribution is 2.31. The Morgan fingerprint density at radius 1 is 0.906 bits per heavy atom. The number of ether oxygens (including phenoxy) is 4. The number of nitrogens with one attached hydrogen (secondary N) is 1. The number of hydrogen-bond acceptors (Lipinski definition) is 7. The topological polar surface area (TPSA) is 101 Å². The second-order valence-corrected chi connectivity index (χ2v) is 6.66. The number of aromatic nitrogens is 2. The van der Waals surface area contributed by atoms with Crippen molar-refractivity contribution in [3.05, 3.63) is 65.0 Å². The summed E-state index contributed by atoms with van der Waals surface area (Å²) in [6.45, 7) is 0.307. The van der Waals surface area contributed by atoms with Crippen LogP contribution in [0, 0.1) is 0 Å². The van der Waals surface area contributed by atoms with Gasteiger partial charge in [0.05, 0.1) is 33.6 Å². The first kappa shape index (κ1) is 22.7. The summed E-state index contributed by atoms with van der Waals surface area (Å²) in [5, 5.41) is 7.11. The van der Waals surface area contributed by atoms with Crippen LogP contribution in [-0.2, 0) is 11.3 Å². The number of methoxy groups -OCH3 is 3. The van der Waals surface area contributed by atoms with E-state index in [1.165, 1.54) is 10.7 Å². The molecule has 0 spiro atoms. The maximum absolute atomic E-state index is 12.2. The number of nitrogens with zero attached hydrogens (tertiary/aromatic N) is 2. The third-order valence-electron chi connectivity index (χ3n) is 4.62. The fraction of sp³-hybridized carbons (Fsp3) is 0.261. The highest BCUT2D eigenvalue weighted by molar-refractivity contribution is 5.77. The maximum Gasteiger partial charge on any atom is 0.266 e. The lowest BCUT2D eigenvalue weighted by Crippen LogP contribution is -2.34. The van der Waals surface area contributed by atoms with Gasteiger partial charge in [0.25, 0.3) is 11.5 Å². The van der Waals surface area contributed by atoms with Crippen molar-refractivity contribution < 1.29 is 23.7 Å². The van der Waals surface area contributed by atoms with Crippen molar-refractivity contribution in [2.24, 2.45) is 0 Å². The zero-order chi connectivity index (χ0) is 22.9. The Morgan fingerprint density at radius 3 is 2.31 bits per heavy atom. The van der Waals surface area contributed by atoms with Gasteiger partial charge in [0.2, 0.25) is 0 Å². The lowest BCUT2D eigenvalue weighted by atomic mass is 10.1. The van der Waals surface area contributed by atoms with Crippen molar-refractivity contribution in [1.82, 2.24) is 15.1 Å².